The van der Waals surface area contributed by atoms with Crippen molar-refractivity contribution in [3.8, 4) is 10.4 Å². The van der Waals surface area contributed by atoms with Gasteiger partial charge < -0.3 is 19.9 Å². The van der Waals surface area contributed by atoms with Gasteiger partial charge in [-0.05, 0) is 66.0 Å². The number of nitrogens with one attached hydrogen (secondary N) is 1. The molecule has 2 amide bonds. The number of pyridine rings is 1. The van der Waals surface area contributed by atoms with Gasteiger partial charge in [0.15, 0.2) is 5.01 Å². The highest BCUT2D eigenvalue weighted by Gasteiger charge is 2.43. The maximum Gasteiger partial charge on any atom is 0.284 e. The largest absolute Gasteiger partial charge is 0.365 e. The van der Waals surface area contributed by atoms with E-state index < -0.39 is 0 Å². The average molecular weight is 484 g/mol. The summed E-state index contributed by atoms with van der Waals surface area (Å²) in [5, 5.41) is 3.74. The smallest absolute Gasteiger partial charge is 0.284 e. The molecule has 5 heterocycles. The Labute approximate surface area is 204 Å². The van der Waals surface area contributed by atoms with Crippen molar-refractivity contribution in [3.05, 3.63) is 28.5 Å². The zero-order valence-corrected chi connectivity index (χ0v) is 21.4. The molecule has 0 radical (unpaired) electrons. The number of fused-ring (bicyclic) bond motifs is 2. The third-order valence-electron chi connectivity index (χ3n) is 6.78. The van der Waals surface area contributed by atoms with Gasteiger partial charge in [0.2, 0.25) is 0 Å². The summed E-state index contributed by atoms with van der Waals surface area (Å²) >= 11 is 1.29. The van der Waals surface area contributed by atoms with Crippen molar-refractivity contribution in [2.24, 2.45) is 5.92 Å². The number of hydrogen-bond donors (Lipinski definition) is 1. The van der Waals surface area contributed by atoms with Crippen LogP contribution in [0.4, 0.5) is 5.82 Å². The van der Waals surface area contributed by atoms with Crippen LogP contribution in [-0.4, -0.2) is 69.1 Å². The molecule has 182 valence electrons. The van der Waals surface area contributed by atoms with Gasteiger partial charge in [-0.15, -0.1) is 11.3 Å². The van der Waals surface area contributed by atoms with Crippen LogP contribution >= 0.6 is 11.3 Å². The summed E-state index contributed by atoms with van der Waals surface area (Å²) in [7, 11) is 0. The number of carbonyl (C=O) groups excluding carboxylic acids is 2. The molecule has 0 aromatic carbocycles. The zero-order valence-electron chi connectivity index (χ0n) is 20.6. The second kappa shape index (κ2) is 8.61. The van der Waals surface area contributed by atoms with Gasteiger partial charge in [0.05, 0.1) is 11.5 Å². The van der Waals surface area contributed by atoms with E-state index in [9.17, 15) is 9.59 Å². The molecule has 3 saturated heterocycles. The lowest BCUT2D eigenvalue weighted by Crippen LogP contribution is -2.40. The fraction of sp³-hybridized carbons (Fsp3) is 0.600. The van der Waals surface area contributed by atoms with Gasteiger partial charge in [0.25, 0.3) is 11.8 Å². The summed E-state index contributed by atoms with van der Waals surface area (Å²) in [5.74, 6) is 0.921. The Morgan fingerprint density at radius 2 is 1.97 bits per heavy atom. The van der Waals surface area contributed by atoms with Crippen LogP contribution in [0.15, 0.2) is 12.1 Å². The van der Waals surface area contributed by atoms with Gasteiger partial charge in [0.1, 0.15) is 17.7 Å². The lowest BCUT2D eigenvalue weighted by atomic mass is 10.1. The maximum atomic E-state index is 13.6. The number of aromatic nitrogens is 2. The molecule has 1 N–H and O–H groups in total. The van der Waals surface area contributed by atoms with E-state index in [1.54, 1.807) is 4.90 Å². The number of thiazole rings is 1. The van der Waals surface area contributed by atoms with E-state index in [1.807, 2.05) is 24.0 Å². The summed E-state index contributed by atoms with van der Waals surface area (Å²) in [6.07, 6.45) is 2.68. The van der Waals surface area contributed by atoms with Crippen molar-refractivity contribution >= 4 is 29.0 Å². The number of carbonyl (C=O) groups is 2. The third kappa shape index (κ3) is 4.31. The number of rotatable bonds is 4. The minimum Gasteiger partial charge on any atom is -0.365 e. The van der Waals surface area contributed by atoms with Crippen molar-refractivity contribution < 1.29 is 14.3 Å². The van der Waals surface area contributed by atoms with Gasteiger partial charge in [-0.25, -0.2) is 9.97 Å². The van der Waals surface area contributed by atoms with Crippen LogP contribution in [0.2, 0.25) is 0 Å². The SMILES string of the molecule is Cc1nc(NC(C)(C)C)ccc1-c1sc(C(=O)N2CC3COC2C3)nc1C(=O)N1CCC[C@@H]1C. The van der Waals surface area contributed by atoms with E-state index in [0.717, 1.165) is 42.9 Å². The molecule has 2 unspecified atom stereocenters. The molecule has 2 aromatic heterocycles. The molecule has 2 aromatic rings. The Hall–Kier alpha value is -2.52. The van der Waals surface area contributed by atoms with Gasteiger partial charge in [-0.3, -0.25) is 9.59 Å². The molecule has 0 aliphatic carbocycles. The summed E-state index contributed by atoms with van der Waals surface area (Å²) in [4.78, 5) is 40.7. The highest BCUT2D eigenvalue weighted by atomic mass is 32.1. The predicted molar refractivity (Wildman–Crippen MR) is 132 cm³/mol. The fourth-order valence-corrected chi connectivity index (χ4v) is 6.20. The minimum atomic E-state index is -0.172. The van der Waals surface area contributed by atoms with Crippen LogP contribution in [0.5, 0.6) is 0 Å². The van der Waals surface area contributed by atoms with Crippen LogP contribution < -0.4 is 5.32 Å². The number of aryl methyl sites for hydroxylation is 1. The minimum absolute atomic E-state index is 0.106. The number of ether oxygens (including phenoxy) is 1. The second-order valence-electron chi connectivity index (χ2n) is 10.7. The quantitative estimate of drug-likeness (QED) is 0.702. The standard InChI is InChI=1S/C25H33N5O3S/c1-14-7-6-10-29(14)23(31)20-21(17-8-9-18(26-15(17)2)28-25(3,4)5)34-22(27-20)24(32)30-12-16-11-19(30)33-13-16/h8-9,14,16,19H,6-7,10-13H2,1-5H3,(H,26,28)/t14-,16?,19?/m0/s1. The topological polar surface area (TPSA) is 87.7 Å². The highest BCUT2D eigenvalue weighted by Crippen LogP contribution is 2.38. The molecule has 0 spiro atoms. The number of anilines is 1. The van der Waals surface area contributed by atoms with Crippen molar-refractivity contribution in [2.75, 3.05) is 25.0 Å². The molecule has 5 rings (SSSR count). The third-order valence-corrected chi connectivity index (χ3v) is 7.86. The summed E-state index contributed by atoms with van der Waals surface area (Å²) in [6, 6.07) is 4.07. The number of likely N-dealkylation sites (tertiary alicyclic amines) is 2. The first-order valence-electron chi connectivity index (χ1n) is 12.1. The normalized spacial score (nSPS) is 24.2. The van der Waals surface area contributed by atoms with Crippen molar-refractivity contribution in [1.82, 2.24) is 19.8 Å². The number of amides is 2. The fourth-order valence-electron chi connectivity index (χ4n) is 5.11. The second-order valence-corrected chi connectivity index (χ2v) is 11.7. The predicted octanol–water partition coefficient (Wildman–Crippen LogP) is 4.17. The Balaban J connectivity index is 1.52. The van der Waals surface area contributed by atoms with E-state index in [1.165, 1.54) is 11.3 Å². The molecule has 3 fully saturated rings. The first kappa shape index (κ1) is 23.2. The number of hydrogen-bond acceptors (Lipinski definition) is 7. The Morgan fingerprint density at radius 1 is 1.18 bits per heavy atom. The van der Waals surface area contributed by atoms with Crippen LogP contribution in [0, 0.1) is 12.8 Å². The van der Waals surface area contributed by atoms with E-state index >= 15 is 0 Å². The van der Waals surface area contributed by atoms with Crippen LogP contribution in [-0.2, 0) is 4.74 Å². The molecule has 9 heteroatoms. The van der Waals surface area contributed by atoms with Crippen molar-refractivity contribution in [1.29, 1.82) is 0 Å². The zero-order chi connectivity index (χ0) is 24.2. The first-order valence-corrected chi connectivity index (χ1v) is 12.9. The van der Waals surface area contributed by atoms with Crippen molar-refractivity contribution in [3.63, 3.8) is 0 Å². The first-order chi connectivity index (χ1) is 16.1. The van der Waals surface area contributed by atoms with Crippen LogP contribution in [0.25, 0.3) is 10.4 Å². The van der Waals surface area contributed by atoms with E-state index in [0.29, 0.717) is 34.6 Å². The number of nitrogens with zero attached hydrogens (tertiary/aromatic N) is 4. The molecule has 3 atom stereocenters. The maximum absolute atomic E-state index is 13.6. The molecule has 34 heavy (non-hydrogen) atoms. The highest BCUT2D eigenvalue weighted by molar-refractivity contribution is 7.17. The van der Waals surface area contributed by atoms with Gasteiger partial charge in [-0.2, -0.15) is 0 Å². The Morgan fingerprint density at radius 3 is 2.56 bits per heavy atom. The van der Waals surface area contributed by atoms with Crippen LogP contribution in [0.1, 0.15) is 72.9 Å². The lowest BCUT2D eigenvalue weighted by molar-refractivity contribution is -0.0255. The molecule has 3 aliphatic rings. The molecule has 8 nitrogen and oxygen atoms in total. The molecule has 2 bridgehead atoms. The summed E-state index contributed by atoms with van der Waals surface area (Å²) < 4.78 is 5.73. The van der Waals surface area contributed by atoms with Gasteiger partial charge >= 0.3 is 0 Å². The summed E-state index contributed by atoms with van der Waals surface area (Å²) in [6.45, 7) is 12.4. The molecule has 0 saturated carbocycles. The van der Waals surface area contributed by atoms with Crippen molar-refractivity contribution in [2.45, 2.75) is 71.7 Å². The molecular formula is C25H33N5O3S. The van der Waals surface area contributed by atoms with Gasteiger partial charge in [0, 0.05) is 41.8 Å². The van der Waals surface area contributed by atoms with E-state index in [2.05, 4.69) is 38.0 Å². The van der Waals surface area contributed by atoms with Gasteiger partial charge in [-0.1, -0.05) is 0 Å². The Bertz CT molecular complexity index is 1120. The van der Waals surface area contributed by atoms with Crippen LogP contribution in [0.3, 0.4) is 0 Å². The molecule has 3 aliphatic heterocycles. The molecular weight excluding hydrogens is 450 g/mol. The van der Waals surface area contributed by atoms with E-state index in [4.69, 9.17) is 9.72 Å². The lowest BCUT2D eigenvalue weighted by Gasteiger charge is -2.26. The Kier molecular flexibility index (Phi) is 5.88. The average Bonchev–Trinajstić information content (AvgIpc) is 3.55. The monoisotopic (exact) mass is 483 g/mol. The van der Waals surface area contributed by atoms with E-state index in [-0.39, 0.29) is 29.6 Å². The summed E-state index contributed by atoms with van der Waals surface area (Å²) in [5.41, 5.74) is 1.87.